The summed E-state index contributed by atoms with van der Waals surface area (Å²) in [5, 5.41) is 10.7. The van der Waals surface area contributed by atoms with Crippen LogP contribution in [0, 0.1) is 11.6 Å². The second-order valence-electron chi connectivity index (χ2n) is 7.37. The number of ether oxygens (including phenoxy) is 1. The molecule has 0 bridgehead atoms. The average Bonchev–Trinajstić information content (AvgIpc) is 2.92. The maximum Gasteiger partial charge on any atom is 0.127 e. The Labute approximate surface area is 169 Å². The van der Waals surface area contributed by atoms with Crippen molar-refractivity contribution < 1.29 is 18.6 Å². The normalized spacial score (nSPS) is 15.3. The van der Waals surface area contributed by atoms with Crippen molar-refractivity contribution >= 4 is 0 Å². The number of hydrogen-bond donors (Lipinski definition) is 1. The maximum absolute atomic E-state index is 14.0. The fourth-order valence-electron chi connectivity index (χ4n) is 3.67. The van der Waals surface area contributed by atoms with Crippen molar-refractivity contribution in [2.75, 3.05) is 13.2 Å². The van der Waals surface area contributed by atoms with Gasteiger partial charge in [-0.25, -0.2) is 8.78 Å². The van der Waals surface area contributed by atoms with Gasteiger partial charge in [0.2, 0.25) is 0 Å². The highest BCUT2D eigenvalue weighted by Gasteiger charge is 2.19. The van der Waals surface area contributed by atoms with Crippen molar-refractivity contribution in [3.05, 3.63) is 101 Å². The predicted octanol–water partition coefficient (Wildman–Crippen LogP) is 4.64. The quantitative estimate of drug-likeness (QED) is 0.683. The fraction of sp³-hybridized carbons (Fsp3) is 0.250. The zero-order valence-corrected chi connectivity index (χ0v) is 16.0. The van der Waals surface area contributed by atoms with Crippen LogP contribution in [0.3, 0.4) is 0 Å². The van der Waals surface area contributed by atoms with Gasteiger partial charge in [-0.2, -0.15) is 0 Å². The molecule has 0 aliphatic carbocycles. The highest BCUT2D eigenvalue weighted by molar-refractivity contribution is 5.39. The van der Waals surface area contributed by atoms with E-state index in [1.807, 2.05) is 53.4 Å². The largest absolute Gasteiger partial charge is 0.492 e. The van der Waals surface area contributed by atoms with E-state index in [4.69, 9.17) is 4.74 Å². The summed E-state index contributed by atoms with van der Waals surface area (Å²) in [5.74, 6) is -0.0918. The van der Waals surface area contributed by atoms with Gasteiger partial charge in [-0.3, -0.25) is 4.90 Å². The van der Waals surface area contributed by atoms with Gasteiger partial charge in [0.25, 0.3) is 0 Å². The first-order valence-corrected chi connectivity index (χ1v) is 9.72. The Morgan fingerprint density at radius 3 is 2.66 bits per heavy atom. The second-order valence-corrected chi connectivity index (χ2v) is 7.37. The second kappa shape index (κ2) is 8.72. The number of rotatable bonds is 5. The number of halogens is 2. The Morgan fingerprint density at radius 2 is 1.83 bits per heavy atom. The Balaban J connectivity index is 1.51. The molecule has 4 rings (SSSR count). The predicted molar refractivity (Wildman–Crippen MR) is 108 cm³/mol. The number of fused-ring (bicyclic) bond motifs is 1. The van der Waals surface area contributed by atoms with E-state index in [-0.39, 0.29) is 0 Å². The lowest BCUT2D eigenvalue weighted by atomic mass is 9.99. The number of benzene rings is 3. The minimum Gasteiger partial charge on any atom is -0.492 e. The van der Waals surface area contributed by atoms with Crippen LogP contribution in [-0.4, -0.2) is 23.2 Å². The zero-order chi connectivity index (χ0) is 20.2. The molecular formula is C24H23F2NO2. The van der Waals surface area contributed by atoms with E-state index in [0.717, 1.165) is 34.6 Å². The fourth-order valence-corrected chi connectivity index (χ4v) is 3.67. The molecule has 5 heteroatoms. The van der Waals surface area contributed by atoms with E-state index in [2.05, 4.69) is 0 Å². The Bertz CT molecular complexity index is 978. The van der Waals surface area contributed by atoms with Gasteiger partial charge in [0.1, 0.15) is 24.0 Å². The summed E-state index contributed by atoms with van der Waals surface area (Å²) in [7, 11) is 0. The molecule has 29 heavy (non-hydrogen) atoms. The molecule has 0 saturated carbocycles. The van der Waals surface area contributed by atoms with E-state index in [1.54, 1.807) is 0 Å². The monoisotopic (exact) mass is 395 g/mol. The summed E-state index contributed by atoms with van der Waals surface area (Å²) >= 11 is 0. The molecule has 3 aromatic carbocycles. The number of aliphatic hydroxyl groups is 1. The summed E-state index contributed by atoms with van der Waals surface area (Å²) in [6, 6.07) is 19.1. The summed E-state index contributed by atoms with van der Waals surface area (Å²) in [4.78, 5) is 2.02. The van der Waals surface area contributed by atoms with Crippen LogP contribution in [0.25, 0.3) is 0 Å². The van der Waals surface area contributed by atoms with Crippen LogP contribution >= 0.6 is 0 Å². The molecule has 0 radical (unpaired) electrons. The summed E-state index contributed by atoms with van der Waals surface area (Å²) in [6.45, 7) is 1.91. The Morgan fingerprint density at radius 1 is 1.00 bits per heavy atom. The minimum absolute atomic E-state index is 0.295. The van der Waals surface area contributed by atoms with E-state index in [9.17, 15) is 13.9 Å². The third-order valence-electron chi connectivity index (χ3n) is 5.20. The van der Waals surface area contributed by atoms with Crippen molar-refractivity contribution in [3.63, 3.8) is 0 Å². The molecule has 3 aromatic rings. The SMILES string of the molecule is O[C@@H](Cc1ccccc1)c1ccc2c(c1)CN(Cc1cc(F)ccc1F)CCO2. The lowest BCUT2D eigenvalue weighted by Crippen LogP contribution is -2.25. The molecule has 1 aliphatic rings. The van der Waals surface area contributed by atoms with Crippen LogP contribution in [0.2, 0.25) is 0 Å². The van der Waals surface area contributed by atoms with Gasteiger partial charge in [0, 0.05) is 37.2 Å². The molecule has 0 saturated heterocycles. The van der Waals surface area contributed by atoms with E-state index in [0.29, 0.717) is 38.2 Å². The van der Waals surface area contributed by atoms with Gasteiger partial charge in [-0.05, 0) is 41.5 Å². The molecule has 1 atom stereocenters. The lowest BCUT2D eigenvalue weighted by molar-refractivity contribution is 0.178. The maximum atomic E-state index is 14.0. The van der Waals surface area contributed by atoms with Gasteiger partial charge < -0.3 is 9.84 Å². The average molecular weight is 395 g/mol. The van der Waals surface area contributed by atoms with Gasteiger partial charge in [-0.1, -0.05) is 36.4 Å². The van der Waals surface area contributed by atoms with Crippen molar-refractivity contribution in [1.82, 2.24) is 4.90 Å². The first kappa shape index (κ1) is 19.6. The summed E-state index contributed by atoms with van der Waals surface area (Å²) in [6.07, 6.45) is -0.0984. The van der Waals surface area contributed by atoms with Gasteiger partial charge >= 0.3 is 0 Å². The van der Waals surface area contributed by atoms with Crippen LogP contribution in [0.1, 0.15) is 28.4 Å². The lowest BCUT2D eigenvalue weighted by Gasteiger charge is -2.20. The summed E-state index contributed by atoms with van der Waals surface area (Å²) in [5.41, 5.74) is 3.14. The molecule has 0 aromatic heterocycles. The number of aliphatic hydroxyl groups excluding tert-OH is 1. The Hall–Kier alpha value is -2.76. The number of nitrogens with zero attached hydrogens (tertiary/aromatic N) is 1. The van der Waals surface area contributed by atoms with E-state index < -0.39 is 17.7 Å². The van der Waals surface area contributed by atoms with Crippen LogP contribution < -0.4 is 4.74 Å². The molecule has 150 valence electrons. The first-order chi connectivity index (χ1) is 14.1. The van der Waals surface area contributed by atoms with Crippen molar-refractivity contribution in [2.24, 2.45) is 0 Å². The Kier molecular flexibility index (Phi) is 5.88. The topological polar surface area (TPSA) is 32.7 Å². The molecule has 3 nitrogen and oxygen atoms in total. The summed E-state index contributed by atoms with van der Waals surface area (Å²) < 4.78 is 33.4. The molecule has 1 heterocycles. The van der Waals surface area contributed by atoms with Gasteiger partial charge in [-0.15, -0.1) is 0 Å². The van der Waals surface area contributed by atoms with E-state index >= 15 is 0 Å². The minimum atomic E-state index is -0.625. The molecule has 1 aliphatic heterocycles. The van der Waals surface area contributed by atoms with E-state index in [1.165, 1.54) is 6.07 Å². The van der Waals surface area contributed by atoms with Crippen LogP contribution in [0.4, 0.5) is 8.78 Å². The number of hydrogen-bond acceptors (Lipinski definition) is 3. The van der Waals surface area contributed by atoms with Crippen molar-refractivity contribution in [2.45, 2.75) is 25.6 Å². The highest BCUT2D eigenvalue weighted by Crippen LogP contribution is 2.29. The van der Waals surface area contributed by atoms with Crippen molar-refractivity contribution in [3.8, 4) is 5.75 Å². The smallest absolute Gasteiger partial charge is 0.127 e. The molecule has 1 N–H and O–H groups in total. The van der Waals surface area contributed by atoms with Crippen LogP contribution in [0.5, 0.6) is 5.75 Å². The molecule has 0 unspecified atom stereocenters. The van der Waals surface area contributed by atoms with Crippen LogP contribution in [0.15, 0.2) is 66.7 Å². The standard InChI is InChI=1S/C24H23F2NO2/c25-21-7-8-22(26)19(14-21)15-27-10-11-29-24-9-6-18(13-20(24)16-27)23(28)12-17-4-2-1-3-5-17/h1-9,13-14,23,28H,10-12,15-16H2/t23-/m0/s1. The van der Waals surface area contributed by atoms with Crippen molar-refractivity contribution in [1.29, 1.82) is 0 Å². The molecular weight excluding hydrogens is 372 g/mol. The molecule has 0 amide bonds. The zero-order valence-electron chi connectivity index (χ0n) is 16.0. The highest BCUT2D eigenvalue weighted by atomic mass is 19.1. The first-order valence-electron chi connectivity index (χ1n) is 9.72. The molecule has 0 fully saturated rings. The van der Waals surface area contributed by atoms with Crippen LogP contribution in [-0.2, 0) is 19.5 Å². The third kappa shape index (κ3) is 4.81. The van der Waals surface area contributed by atoms with Gasteiger partial charge in [0.15, 0.2) is 0 Å². The third-order valence-corrected chi connectivity index (χ3v) is 5.20. The molecule has 0 spiro atoms. The van der Waals surface area contributed by atoms with Gasteiger partial charge in [0.05, 0.1) is 6.10 Å².